The van der Waals surface area contributed by atoms with Gasteiger partial charge in [0.15, 0.2) is 0 Å². The molecule has 0 spiro atoms. The molecule has 1 atom stereocenters. The summed E-state index contributed by atoms with van der Waals surface area (Å²) < 4.78 is 0. The van der Waals surface area contributed by atoms with Crippen molar-refractivity contribution in [1.82, 2.24) is 10.2 Å². The van der Waals surface area contributed by atoms with Crippen molar-refractivity contribution in [2.24, 2.45) is 11.8 Å². The molecule has 1 N–H and O–H groups in total. The fraction of sp³-hybridized carbons (Fsp3) is 1.00. The van der Waals surface area contributed by atoms with Crippen LogP contribution in [0.5, 0.6) is 0 Å². The van der Waals surface area contributed by atoms with Crippen molar-refractivity contribution in [3.8, 4) is 0 Å². The summed E-state index contributed by atoms with van der Waals surface area (Å²) in [6.45, 7) is 13.0. The summed E-state index contributed by atoms with van der Waals surface area (Å²) >= 11 is 0. The fourth-order valence-corrected chi connectivity index (χ4v) is 2.28. The molecule has 2 aliphatic carbocycles. The predicted molar refractivity (Wildman–Crippen MR) is 74.2 cm³/mol. The Morgan fingerprint density at radius 3 is 1.88 bits per heavy atom. The SMILES string of the molecule is CC(CNC(C)(C)C)N(CC1CC1)CC1CC1. The zero-order chi connectivity index (χ0) is 12.5. The third-order valence-electron chi connectivity index (χ3n) is 3.93. The Labute approximate surface area is 107 Å². The van der Waals surface area contributed by atoms with E-state index >= 15 is 0 Å². The largest absolute Gasteiger partial charge is 0.311 e. The maximum absolute atomic E-state index is 3.65. The van der Waals surface area contributed by atoms with Crippen LogP contribution in [0.4, 0.5) is 0 Å². The number of rotatable bonds is 7. The van der Waals surface area contributed by atoms with Crippen molar-refractivity contribution in [2.45, 2.75) is 65.0 Å². The molecule has 2 saturated carbocycles. The minimum Gasteiger partial charge on any atom is -0.311 e. The molecule has 0 aromatic rings. The summed E-state index contributed by atoms with van der Waals surface area (Å²) in [5, 5.41) is 3.65. The molecule has 17 heavy (non-hydrogen) atoms. The van der Waals surface area contributed by atoms with Crippen LogP contribution in [0.1, 0.15) is 53.4 Å². The topological polar surface area (TPSA) is 15.3 Å². The molecule has 2 nitrogen and oxygen atoms in total. The van der Waals surface area contributed by atoms with Crippen molar-refractivity contribution < 1.29 is 0 Å². The fourth-order valence-electron chi connectivity index (χ4n) is 2.28. The molecule has 0 aromatic heterocycles. The third kappa shape index (κ3) is 5.39. The quantitative estimate of drug-likeness (QED) is 0.733. The lowest BCUT2D eigenvalue weighted by Gasteiger charge is -2.32. The second-order valence-electron chi connectivity index (χ2n) is 7.32. The van der Waals surface area contributed by atoms with E-state index in [9.17, 15) is 0 Å². The van der Waals surface area contributed by atoms with E-state index in [0.717, 1.165) is 18.4 Å². The van der Waals surface area contributed by atoms with Crippen LogP contribution >= 0.6 is 0 Å². The molecule has 0 saturated heterocycles. The zero-order valence-corrected chi connectivity index (χ0v) is 12.1. The van der Waals surface area contributed by atoms with Crippen LogP contribution in [0, 0.1) is 11.8 Å². The van der Waals surface area contributed by atoms with Gasteiger partial charge >= 0.3 is 0 Å². The Kier molecular flexibility index (Phi) is 4.14. The van der Waals surface area contributed by atoms with Gasteiger partial charge in [-0.1, -0.05) is 0 Å². The van der Waals surface area contributed by atoms with Crippen LogP contribution in [0.25, 0.3) is 0 Å². The van der Waals surface area contributed by atoms with Crippen LogP contribution in [0.2, 0.25) is 0 Å². The number of nitrogens with zero attached hydrogens (tertiary/aromatic N) is 1. The van der Waals surface area contributed by atoms with Gasteiger partial charge in [0.1, 0.15) is 0 Å². The smallest absolute Gasteiger partial charge is 0.0192 e. The van der Waals surface area contributed by atoms with Crippen LogP contribution in [-0.4, -0.2) is 36.1 Å². The van der Waals surface area contributed by atoms with Gasteiger partial charge in [-0.15, -0.1) is 0 Å². The zero-order valence-electron chi connectivity index (χ0n) is 12.1. The molecule has 2 heteroatoms. The van der Waals surface area contributed by atoms with Gasteiger partial charge in [0.05, 0.1) is 0 Å². The normalized spacial score (nSPS) is 23.1. The molecule has 0 amide bonds. The highest BCUT2D eigenvalue weighted by molar-refractivity contribution is 4.86. The minimum atomic E-state index is 0.249. The molecule has 2 rings (SSSR count). The maximum Gasteiger partial charge on any atom is 0.0192 e. The maximum atomic E-state index is 3.65. The summed E-state index contributed by atoms with van der Waals surface area (Å²) in [6.07, 6.45) is 5.89. The number of hydrogen-bond donors (Lipinski definition) is 1. The second-order valence-corrected chi connectivity index (χ2v) is 7.32. The molecule has 1 unspecified atom stereocenters. The molecular weight excluding hydrogens is 208 g/mol. The van der Waals surface area contributed by atoms with E-state index in [-0.39, 0.29) is 5.54 Å². The van der Waals surface area contributed by atoms with E-state index in [0.29, 0.717) is 6.04 Å². The molecule has 2 fully saturated rings. The molecule has 0 bridgehead atoms. The molecule has 0 aliphatic heterocycles. The summed E-state index contributed by atoms with van der Waals surface area (Å²) in [7, 11) is 0. The van der Waals surface area contributed by atoms with Gasteiger partial charge < -0.3 is 5.32 Å². The average Bonchev–Trinajstić information content (AvgIpc) is 3.05. The van der Waals surface area contributed by atoms with Crippen LogP contribution in [0.3, 0.4) is 0 Å². The Balaban J connectivity index is 1.75. The van der Waals surface area contributed by atoms with E-state index in [2.05, 4.69) is 37.9 Å². The van der Waals surface area contributed by atoms with Crippen molar-refractivity contribution in [2.75, 3.05) is 19.6 Å². The highest BCUT2D eigenvalue weighted by Crippen LogP contribution is 2.34. The first kappa shape index (κ1) is 13.4. The monoisotopic (exact) mass is 238 g/mol. The lowest BCUT2D eigenvalue weighted by atomic mass is 10.1. The number of hydrogen-bond acceptors (Lipinski definition) is 2. The summed E-state index contributed by atoms with van der Waals surface area (Å²) in [4.78, 5) is 2.74. The van der Waals surface area contributed by atoms with E-state index in [1.165, 1.54) is 38.8 Å². The first-order valence-corrected chi connectivity index (χ1v) is 7.43. The minimum absolute atomic E-state index is 0.249. The molecule has 2 aliphatic rings. The Morgan fingerprint density at radius 1 is 1.06 bits per heavy atom. The second kappa shape index (κ2) is 5.27. The standard InChI is InChI=1S/C15H30N2/c1-12(9-16-15(2,3)4)17(10-13-5-6-13)11-14-7-8-14/h12-14,16H,5-11H2,1-4H3. The summed E-state index contributed by atoms with van der Waals surface area (Å²) in [5.41, 5.74) is 0.249. The van der Waals surface area contributed by atoms with Gasteiger partial charge in [-0.3, -0.25) is 4.90 Å². The van der Waals surface area contributed by atoms with Crippen LogP contribution in [0.15, 0.2) is 0 Å². The van der Waals surface area contributed by atoms with Gasteiger partial charge in [-0.25, -0.2) is 0 Å². The van der Waals surface area contributed by atoms with E-state index < -0.39 is 0 Å². The van der Waals surface area contributed by atoms with Gasteiger partial charge in [0.25, 0.3) is 0 Å². The van der Waals surface area contributed by atoms with Crippen LogP contribution < -0.4 is 5.32 Å². The highest BCUT2D eigenvalue weighted by atomic mass is 15.2. The van der Waals surface area contributed by atoms with Gasteiger partial charge in [0.2, 0.25) is 0 Å². The van der Waals surface area contributed by atoms with Gasteiger partial charge in [-0.05, 0) is 65.2 Å². The first-order chi connectivity index (χ1) is 7.94. The van der Waals surface area contributed by atoms with E-state index in [1.54, 1.807) is 0 Å². The summed E-state index contributed by atoms with van der Waals surface area (Å²) in [6, 6.07) is 0.690. The van der Waals surface area contributed by atoms with Crippen molar-refractivity contribution in [1.29, 1.82) is 0 Å². The van der Waals surface area contributed by atoms with E-state index in [1.807, 2.05) is 0 Å². The lowest BCUT2D eigenvalue weighted by molar-refractivity contribution is 0.179. The highest BCUT2D eigenvalue weighted by Gasteiger charge is 2.31. The summed E-state index contributed by atoms with van der Waals surface area (Å²) in [5.74, 6) is 2.04. The van der Waals surface area contributed by atoms with E-state index in [4.69, 9.17) is 0 Å². The van der Waals surface area contributed by atoms with Crippen molar-refractivity contribution in [3.63, 3.8) is 0 Å². The Hall–Kier alpha value is -0.0800. The molecule has 100 valence electrons. The molecule has 0 heterocycles. The van der Waals surface area contributed by atoms with Crippen molar-refractivity contribution in [3.05, 3.63) is 0 Å². The van der Waals surface area contributed by atoms with Crippen LogP contribution in [-0.2, 0) is 0 Å². The Bertz CT molecular complexity index is 222. The van der Waals surface area contributed by atoms with Gasteiger partial charge in [-0.2, -0.15) is 0 Å². The first-order valence-electron chi connectivity index (χ1n) is 7.43. The average molecular weight is 238 g/mol. The van der Waals surface area contributed by atoms with Crippen molar-refractivity contribution >= 4 is 0 Å². The predicted octanol–water partition coefficient (Wildman–Crippen LogP) is 2.89. The molecule has 0 aromatic carbocycles. The lowest BCUT2D eigenvalue weighted by Crippen LogP contribution is -2.47. The Morgan fingerprint density at radius 2 is 1.53 bits per heavy atom. The van der Waals surface area contributed by atoms with Gasteiger partial charge in [0, 0.05) is 31.2 Å². The number of nitrogens with one attached hydrogen (secondary N) is 1. The molecular formula is C15H30N2. The molecule has 0 radical (unpaired) electrons. The third-order valence-corrected chi connectivity index (χ3v) is 3.93.